The summed E-state index contributed by atoms with van der Waals surface area (Å²) in [4.78, 5) is 19.2. The number of nitrogens with one attached hydrogen (secondary N) is 1. The summed E-state index contributed by atoms with van der Waals surface area (Å²) >= 11 is 5.78. The summed E-state index contributed by atoms with van der Waals surface area (Å²) in [6.07, 6.45) is 4.44. The van der Waals surface area contributed by atoms with Gasteiger partial charge < -0.3 is 5.43 Å². The fourth-order valence-corrected chi connectivity index (χ4v) is 1.59. The van der Waals surface area contributed by atoms with E-state index in [1.54, 1.807) is 12.3 Å². The lowest BCUT2D eigenvalue weighted by Crippen LogP contribution is -2.23. The highest BCUT2D eigenvalue weighted by Gasteiger charge is 2.04. The van der Waals surface area contributed by atoms with Gasteiger partial charge in [0.25, 0.3) is 0 Å². The van der Waals surface area contributed by atoms with Crippen molar-refractivity contribution in [2.24, 2.45) is 5.84 Å². The molecule has 0 aliphatic heterocycles. The molecule has 0 atom stereocenters. The Kier molecular flexibility index (Phi) is 3.36. The molecule has 0 fully saturated rings. The topological polar surface area (TPSA) is 85.8 Å². The van der Waals surface area contributed by atoms with E-state index in [1.807, 2.05) is 6.07 Å². The Morgan fingerprint density at radius 2 is 2.29 bits per heavy atom. The summed E-state index contributed by atoms with van der Waals surface area (Å²) in [5.74, 6) is 5.84. The third-order valence-corrected chi connectivity index (χ3v) is 2.39. The second-order valence-corrected chi connectivity index (χ2v) is 3.77. The van der Waals surface area contributed by atoms with Crippen LogP contribution in [0.3, 0.4) is 0 Å². The molecule has 0 unspecified atom stereocenters. The molecule has 0 aliphatic carbocycles. The van der Waals surface area contributed by atoms with Crippen molar-refractivity contribution >= 4 is 17.4 Å². The monoisotopic (exact) mass is 251 g/mol. The van der Waals surface area contributed by atoms with Crippen LogP contribution in [0.1, 0.15) is 5.56 Å². The van der Waals surface area contributed by atoms with Gasteiger partial charge in [-0.15, -0.1) is 0 Å². The molecule has 2 rings (SSSR count). The van der Waals surface area contributed by atoms with Crippen molar-refractivity contribution in [3.8, 4) is 0 Å². The number of hydrogen-bond acceptors (Lipinski definition) is 5. The summed E-state index contributed by atoms with van der Waals surface area (Å²) < 4.78 is 1.39. The van der Waals surface area contributed by atoms with E-state index < -0.39 is 0 Å². The van der Waals surface area contributed by atoms with Crippen molar-refractivity contribution in [1.29, 1.82) is 0 Å². The maximum atomic E-state index is 11.5. The molecule has 17 heavy (non-hydrogen) atoms. The zero-order valence-corrected chi connectivity index (χ0v) is 9.55. The Morgan fingerprint density at radius 1 is 1.47 bits per heavy atom. The van der Waals surface area contributed by atoms with Gasteiger partial charge in [-0.25, -0.2) is 20.6 Å². The molecule has 2 heterocycles. The number of nitrogens with zero attached hydrogens (tertiary/aromatic N) is 3. The Hall–Kier alpha value is -1.92. The SMILES string of the molecule is NNc1ncccc1Cn1cc(Cl)cnc1=O. The molecule has 0 bridgehead atoms. The normalized spacial score (nSPS) is 10.2. The van der Waals surface area contributed by atoms with E-state index >= 15 is 0 Å². The smallest absolute Gasteiger partial charge is 0.308 e. The van der Waals surface area contributed by atoms with Crippen LogP contribution in [0.25, 0.3) is 0 Å². The largest absolute Gasteiger partial charge is 0.347 e. The van der Waals surface area contributed by atoms with E-state index in [4.69, 9.17) is 17.4 Å². The first-order valence-electron chi connectivity index (χ1n) is 4.83. The van der Waals surface area contributed by atoms with Crippen LogP contribution in [0.4, 0.5) is 5.82 Å². The zero-order chi connectivity index (χ0) is 12.3. The van der Waals surface area contributed by atoms with Gasteiger partial charge >= 0.3 is 5.69 Å². The third kappa shape index (κ3) is 2.61. The van der Waals surface area contributed by atoms with Gasteiger partial charge in [-0.1, -0.05) is 17.7 Å². The minimum Gasteiger partial charge on any atom is -0.308 e. The lowest BCUT2D eigenvalue weighted by Gasteiger charge is -2.09. The van der Waals surface area contributed by atoms with Gasteiger partial charge in [0.15, 0.2) is 0 Å². The van der Waals surface area contributed by atoms with Crippen molar-refractivity contribution in [3.63, 3.8) is 0 Å². The van der Waals surface area contributed by atoms with E-state index in [9.17, 15) is 4.79 Å². The second-order valence-electron chi connectivity index (χ2n) is 3.34. The predicted octanol–water partition coefficient (Wildman–Crippen LogP) is 0.626. The van der Waals surface area contributed by atoms with Crippen molar-refractivity contribution in [3.05, 3.63) is 51.8 Å². The van der Waals surface area contributed by atoms with Crippen molar-refractivity contribution in [1.82, 2.24) is 14.5 Å². The van der Waals surface area contributed by atoms with Crippen molar-refractivity contribution in [2.75, 3.05) is 5.43 Å². The number of pyridine rings is 1. The summed E-state index contributed by atoms with van der Waals surface area (Å²) in [5.41, 5.74) is 2.88. The Balaban J connectivity index is 2.37. The number of aromatic nitrogens is 3. The van der Waals surface area contributed by atoms with Crippen LogP contribution < -0.4 is 17.0 Å². The molecule has 0 amide bonds. The first kappa shape index (κ1) is 11.6. The molecule has 0 aliphatic rings. The van der Waals surface area contributed by atoms with E-state index in [-0.39, 0.29) is 5.69 Å². The molecular formula is C10H10ClN5O. The summed E-state index contributed by atoms with van der Waals surface area (Å²) in [5, 5.41) is 0.399. The van der Waals surface area contributed by atoms with Gasteiger partial charge in [0.2, 0.25) is 0 Å². The van der Waals surface area contributed by atoms with E-state index in [0.29, 0.717) is 17.4 Å². The highest BCUT2D eigenvalue weighted by atomic mass is 35.5. The third-order valence-electron chi connectivity index (χ3n) is 2.19. The molecule has 88 valence electrons. The number of hydrogen-bond donors (Lipinski definition) is 2. The van der Waals surface area contributed by atoms with Crippen LogP contribution in [-0.2, 0) is 6.54 Å². The van der Waals surface area contributed by atoms with Crippen LogP contribution in [0.2, 0.25) is 5.02 Å². The molecule has 6 nitrogen and oxygen atoms in total. The molecule has 2 aromatic rings. The fourth-order valence-electron chi connectivity index (χ4n) is 1.42. The zero-order valence-electron chi connectivity index (χ0n) is 8.80. The second kappa shape index (κ2) is 4.94. The van der Waals surface area contributed by atoms with Crippen LogP contribution >= 0.6 is 11.6 Å². The molecule has 0 saturated carbocycles. The summed E-state index contributed by atoms with van der Waals surface area (Å²) in [6, 6.07) is 3.58. The van der Waals surface area contributed by atoms with Gasteiger partial charge in [0.1, 0.15) is 5.82 Å². The minimum absolute atomic E-state index is 0.305. The maximum Gasteiger partial charge on any atom is 0.347 e. The lowest BCUT2D eigenvalue weighted by atomic mass is 10.2. The average molecular weight is 252 g/mol. The number of halogens is 1. The quantitative estimate of drug-likeness (QED) is 0.617. The highest BCUT2D eigenvalue weighted by Crippen LogP contribution is 2.11. The van der Waals surface area contributed by atoms with E-state index in [2.05, 4.69) is 15.4 Å². The van der Waals surface area contributed by atoms with Crippen LogP contribution in [0.15, 0.2) is 35.5 Å². The van der Waals surface area contributed by atoms with Crippen LogP contribution in [0.5, 0.6) is 0 Å². The summed E-state index contributed by atoms with van der Waals surface area (Å²) in [7, 11) is 0. The van der Waals surface area contributed by atoms with Crippen molar-refractivity contribution < 1.29 is 0 Å². The van der Waals surface area contributed by atoms with Crippen molar-refractivity contribution in [2.45, 2.75) is 6.54 Å². The number of nitrogen functional groups attached to an aromatic ring is 1. The minimum atomic E-state index is -0.374. The van der Waals surface area contributed by atoms with Gasteiger partial charge in [0.05, 0.1) is 17.8 Å². The molecule has 0 radical (unpaired) electrons. The molecule has 0 spiro atoms. The van der Waals surface area contributed by atoms with E-state index in [1.165, 1.54) is 17.0 Å². The van der Waals surface area contributed by atoms with Crippen LogP contribution in [-0.4, -0.2) is 14.5 Å². The lowest BCUT2D eigenvalue weighted by molar-refractivity contribution is 0.725. The van der Waals surface area contributed by atoms with Gasteiger partial charge in [-0.05, 0) is 6.07 Å². The molecular weight excluding hydrogens is 242 g/mol. The molecule has 7 heteroatoms. The maximum absolute atomic E-state index is 11.5. The Bertz CT molecular complexity index is 583. The molecule has 0 saturated heterocycles. The van der Waals surface area contributed by atoms with Gasteiger partial charge in [-0.3, -0.25) is 4.57 Å². The first-order valence-corrected chi connectivity index (χ1v) is 5.21. The average Bonchev–Trinajstić information content (AvgIpc) is 2.34. The molecule has 0 aromatic carbocycles. The number of hydrazine groups is 1. The number of anilines is 1. The number of nitrogens with two attached hydrogens (primary N) is 1. The van der Waals surface area contributed by atoms with Gasteiger partial charge in [0, 0.05) is 18.0 Å². The summed E-state index contributed by atoms with van der Waals surface area (Å²) in [6.45, 7) is 0.305. The first-order chi connectivity index (χ1) is 8.20. The fraction of sp³-hybridized carbons (Fsp3) is 0.100. The Morgan fingerprint density at radius 3 is 3.06 bits per heavy atom. The standard InChI is InChI=1S/C10H10ClN5O/c11-8-4-14-10(17)16(6-8)5-7-2-1-3-13-9(7)15-12/h1-4,6H,5,12H2,(H,13,15). The van der Waals surface area contributed by atoms with Gasteiger partial charge in [-0.2, -0.15) is 0 Å². The molecule has 3 N–H and O–H groups in total. The van der Waals surface area contributed by atoms with Crippen LogP contribution in [0, 0.1) is 0 Å². The highest BCUT2D eigenvalue weighted by molar-refractivity contribution is 6.30. The van der Waals surface area contributed by atoms with E-state index in [0.717, 1.165) is 5.56 Å². The molecule has 2 aromatic heterocycles. The Labute approximate surface area is 102 Å². The predicted molar refractivity (Wildman–Crippen MR) is 64.7 cm³/mol. The number of rotatable bonds is 3.